The lowest BCUT2D eigenvalue weighted by Crippen LogP contribution is -2.25. The number of nitrogens with two attached hydrogens (primary N) is 1. The molecule has 1 aromatic heterocycles. The molecule has 0 saturated heterocycles. The largest absolute Gasteiger partial charge is 0.323 e. The molecule has 0 aliphatic rings. The Morgan fingerprint density at radius 2 is 2.06 bits per heavy atom. The van der Waals surface area contributed by atoms with Crippen LogP contribution in [-0.2, 0) is 6.54 Å². The molecule has 0 fully saturated rings. The molecule has 3 heteroatoms. The molecule has 0 aliphatic heterocycles. The fourth-order valence-corrected chi connectivity index (χ4v) is 1.91. The van der Waals surface area contributed by atoms with Gasteiger partial charge in [0.2, 0.25) is 0 Å². The van der Waals surface area contributed by atoms with Crippen LogP contribution in [0.4, 0.5) is 0 Å². The first-order chi connectivity index (χ1) is 7.86. The molecule has 98 valence electrons. The van der Waals surface area contributed by atoms with Crippen LogP contribution >= 0.6 is 0 Å². The summed E-state index contributed by atoms with van der Waals surface area (Å²) >= 11 is 0. The molecule has 2 unspecified atom stereocenters. The minimum atomic E-state index is 0.0956. The van der Waals surface area contributed by atoms with E-state index in [4.69, 9.17) is 5.73 Å². The van der Waals surface area contributed by atoms with Gasteiger partial charge in [-0.1, -0.05) is 34.6 Å². The van der Waals surface area contributed by atoms with Gasteiger partial charge in [0.15, 0.2) is 0 Å². The molecule has 0 radical (unpaired) electrons. The van der Waals surface area contributed by atoms with Crippen LogP contribution in [0.2, 0.25) is 0 Å². The van der Waals surface area contributed by atoms with E-state index in [0.29, 0.717) is 11.3 Å². The standard InChI is InChI=1S/C14H27N3/c1-6-9-17-13(7-8-16-17)12(15)10-11(2)14(3,4)5/h7-8,11-12H,6,9-10,15H2,1-5H3. The fraction of sp³-hybridized carbons (Fsp3) is 0.786. The summed E-state index contributed by atoms with van der Waals surface area (Å²) in [5, 5.41) is 4.33. The maximum absolute atomic E-state index is 6.31. The first-order valence-corrected chi connectivity index (χ1v) is 6.63. The quantitative estimate of drug-likeness (QED) is 0.853. The Morgan fingerprint density at radius 3 is 2.59 bits per heavy atom. The van der Waals surface area contributed by atoms with Crippen LogP contribution in [0.15, 0.2) is 12.3 Å². The summed E-state index contributed by atoms with van der Waals surface area (Å²) in [7, 11) is 0. The summed E-state index contributed by atoms with van der Waals surface area (Å²) in [5.74, 6) is 0.600. The van der Waals surface area contributed by atoms with Gasteiger partial charge in [-0.2, -0.15) is 5.10 Å². The summed E-state index contributed by atoms with van der Waals surface area (Å²) < 4.78 is 2.04. The molecule has 2 N–H and O–H groups in total. The average molecular weight is 237 g/mol. The molecular weight excluding hydrogens is 210 g/mol. The monoisotopic (exact) mass is 237 g/mol. The first-order valence-electron chi connectivity index (χ1n) is 6.63. The van der Waals surface area contributed by atoms with Crippen molar-refractivity contribution in [3.8, 4) is 0 Å². The van der Waals surface area contributed by atoms with E-state index in [-0.39, 0.29) is 6.04 Å². The first kappa shape index (κ1) is 14.2. The van der Waals surface area contributed by atoms with Gasteiger partial charge in [0, 0.05) is 18.8 Å². The second-order valence-corrected chi connectivity index (χ2v) is 6.09. The Morgan fingerprint density at radius 1 is 1.41 bits per heavy atom. The zero-order chi connectivity index (χ0) is 13.1. The van der Waals surface area contributed by atoms with E-state index < -0.39 is 0 Å². The van der Waals surface area contributed by atoms with Crippen molar-refractivity contribution in [3.05, 3.63) is 18.0 Å². The number of nitrogens with zero attached hydrogens (tertiary/aromatic N) is 2. The Hall–Kier alpha value is -0.830. The van der Waals surface area contributed by atoms with E-state index in [1.165, 1.54) is 5.69 Å². The minimum absolute atomic E-state index is 0.0956. The van der Waals surface area contributed by atoms with Crippen molar-refractivity contribution in [2.45, 2.75) is 60.0 Å². The fourth-order valence-electron chi connectivity index (χ4n) is 1.91. The number of aromatic nitrogens is 2. The lowest BCUT2D eigenvalue weighted by atomic mass is 9.78. The van der Waals surface area contributed by atoms with Gasteiger partial charge in [0.05, 0.1) is 5.69 Å². The van der Waals surface area contributed by atoms with E-state index in [9.17, 15) is 0 Å². The molecule has 0 aromatic carbocycles. The van der Waals surface area contributed by atoms with Gasteiger partial charge in [-0.3, -0.25) is 4.68 Å². The third kappa shape index (κ3) is 3.84. The molecule has 0 bridgehead atoms. The van der Waals surface area contributed by atoms with Crippen molar-refractivity contribution < 1.29 is 0 Å². The summed E-state index contributed by atoms with van der Waals surface area (Å²) in [6, 6.07) is 2.15. The molecule has 0 saturated carbocycles. The van der Waals surface area contributed by atoms with Crippen molar-refractivity contribution in [2.24, 2.45) is 17.1 Å². The van der Waals surface area contributed by atoms with Crippen molar-refractivity contribution in [1.82, 2.24) is 9.78 Å². The zero-order valence-electron chi connectivity index (χ0n) is 11.9. The summed E-state index contributed by atoms with van der Waals surface area (Å²) in [4.78, 5) is 0. The van der Waals surface area contributed by atoms with Crippen LogP contribution in [0.1, 0.15) is 59.2 Å². The summed E-state index contributed by atoms with van der Waals surface area (Å²) in [5.41, 5.74) is 7.79. The number of hydrogen-bond acceptors (Lipinski definition) is 2. The van der Waals surface area contributed by atoms with Crippen molar-refractivity contribution in [2.75, 3.05) is 0 Å². The average Bonchev–Trinajstić information content (AvgIpc) is 2.65. The van der Waals surface area contributed by atoms with Crippen LogP contribution in [0.25, 0.3) is 0 Å². The lowest BCUT2D eigenvalue weighted by Gasteiger charge is -2.29. The third-order valence-electron chi connectivity index (χ3n) is 3.65. The van der Waals surface area contributed by atoms with Gasteiger partial charge in [0.1, 0.15) is 0 Å². The minimum Gasteiger partial charge on any atom is -0.323 e. The molecule has 17 heavy (non-hydrogen) atoms. The highest BCUT2D eigenvalue weighted by atomic mass is 15.3. The topological polar surface area (TPSA) is 43.8 Å². The van der Waals surface area contributed by atoms with Crippen molar-refractivity contribution >= 4 is 0 Å². The van der Waals surface area contributed by atoms with Crippen molar-refractivity contribution in [1.29, 1.82) is 0 Å². The number of rotatable bonds is 5. The highest BCUT2D eigenvalue weighted by Gasteiger charge is 2.23. The van der Waals surface area contributed by atoms with E-state index in [1.807, 2.05) is 10.9 Å². The predicted molar refractivity (Wildman–Crippen MR) is 72.7 cm³/mol. The van der Waals surface area contributed by atoms with Crippen LogP contribution in [-0.4, -0.2) is 9.78 Å². The lowest BCUT2D eigenvalue weighted by molar-refractivity contribution is 0.231. The van der Waals surface area contributed by atoms with Gasteiger partial charge in [-0.25, -0.2) is 0 Å². The molecule has 0 spiro atoms. The zero-order valence-corrected chi connectivity index (χ0v) is 11.9. The van der Waals surface area contributed by atoms with Gasteiger partial charge in [-0.15, -0.1) is 0 Å². The second-order valence-electron chi connectivity index (χ2n) is 6.09. The molecule has 1 rings (SSSR count). The second kappa shape index (κ2) is 5.67. The van der Waals surface area contributed by atoms with Crippen LogP contribution in [0.3, 0.4) is 0 Å². The predicted octanol–water partition coefficient (Wildman–Crippen LogP) is 3.37. The molecular formula is C14H27N3. The van der Waals surface area contributed by atoms with Crippen molar-refractivity contribution in [3.63, 3.8) is 0 Å². The van der Waals surface area contributed by atoms with E-state index in [1.54, 1.807) is 0 Å². The molecule has 1 aromatic rings. The smallest absolute Gasteiger partial charge is 0.0551 e. The highest BCUT2D eigenvalue weighted by Crippen LogP contribution is 2.32. The van der Waals surface area contributed by atoms with E-state index >= 15 is 0 Å². The Bertz CT molecular complexity index is 335. The summed E-state index contributed by atoms with van der Waals surface area (Å²) in [6.45, 7) is 12.2. The molecule has 0 amide bonds. The Kier molecular flexibility index (Phi) is 4.75. The van der Waals surface area contributed by atoms with Crippen LogP contribution in [0.5, 0.6) is 0 Å². The molecule has 0 aliphatic carbocycles. The van der Waals surface area contributed by atoms with Crippen LogP contribution in [0, 0.1) is 11.3 Å². The van der Waals surface area contributed by atoms with Gasteiger partial charge in [0.25, 0.3) is 0 Å². The van der Waals surface area contributed by atoms with Crippen LogP contribution < -0.4 is 5.73 Å². The molecule has 1 heterocycles. The maximum atomic E-state index is 6.31. The van der Waals surface area contributed by atoms with E-state index in [2.05, 4.69) is 45.8 Å². The summed E-state index contributed by atoms with van der Waals surface area (Å²) in [6.07, 6.45) is 3.96. The molecule has 3 nitrogen and oxygen atoms in total. The number of aryl methyl sites for hydroxylation is 1. The normalized spacial score (nSPS) is 15.9. The van der Waals surface area contributed by atoms with Gasteiger partial charge >= 0.3 is 0 Å². The van der Waals surface area contributed by atoms with Gasteiger partial charge in [-0.05, 0) is 30.2 Å². The maximum Gasteiger partial charge on any atom is 0.0551 e. The third-order valence-corrected chi connectivity index (χ3v) is 3.65. The SMILES string of the molecule is CCCn1nccc1C(N)CC(C)C(C)(C)C. The Labute approximate surface area is 105 Å². The highest BCUT2D eigenvalue weighted by molar-refractivity contribution is 5.06. The number of hydrogen-bond donors (Lipinski definition) is 1. The molecule has 2 atom stereocenters. The van der Waals surface area contributed by atoms with E-state index in [0.717, 1.165) is 19.4 Å². The Balaban J connectivity index is 2.69. The van der Waals surface area contributed by atoms with Gasteiger partial charge < -0.3 is 5.73 Å².